The van der Waals surface area contributed by atoms with Crippen LogP contribution >= 0.6 is 0 Å². The van der Waals surface area contributed by atoms with Crippen molar-refractivity contribution in [1.82, 2.24) is 14.5 Å². The van der Waals surface area contributed by atoms with Crippen LogP contribution in [0.1, 0.15) is 5.56 Å². The van der Waals surface area contributed by atoms with Gasteiger partial charge in [0.1, 0.15) is 23.5 Å². The van der Waals surface area contributed by atoms with Gasteiger partial charge < -0.3 is 4.42 Å². The Hall–Kier alpha value is -5.03. The third-order valence-electron chi connectivity index (χ3n) is 7.38. The minimum Gasteiger partial charge on any atom is -0.455 e. The molecule has 7 aromatic rings. The summed E-state index contributed by atoms with van der Waals surface area (Å²) in [6.45, 7) is 2.14. The molecule has 5 nitrogen and oxygen atoms in total. The fourth-order valence-corrected chi connectivity index (χ4v) is 5.39. The number of hydrogen-bond donors (Lipinski definition) is 0. The summed E-state index contributed by atoms with van der Waals surface area (Å²) in [6, 6.07) is 33.1. The smallest absolute Gasteiger partial charge is 0.292 e. The SMILES string of the molecule is Cc1ccc2c(oc3cc(-c4cc(-c5ccccc5)nc(-c5ccccc5)n4)ccc32)c1-c1n(C)cc[n+]1C. The second kappa shape index (κ2) is 9.07. The standard InChI is InChI=1S/C34H27N4O/c1-22-14-16-27-26-17-15-25(20-30(26)39-32(27)31(22)34-37(2)18-19-38(34)3)29-21-28(23-10-6-4-7-11-23)35-33(36-29)24-12-8-5-9-13-24/h4-21H,1-3H3/q+1. The van der Waals surface area contributed by atoms with Crippen molar-refractivity contribution in [2.45, 2.75) is 6.92 Å². The Morgan fingerprint density at radius 1 is 0.718 bits per heavy atom. The van der Waals surface area contributed by atoms with Crippen LogP contribution in [-0.4, -0.2) is 14.5 Å². The molecule has 0 aliphatic heterocycles. The van der Waals surface area contributed by atoms with Gasteiger partial charge in [-0.1, -0.05) is 78.9 Å². The van der Waals surface area contributed by atoms with Gasteiger partial charge in [-0.05, 0) is 30.7 Å². The van der Waals surface area contributed by atoms with E-state index in [1.165, 1.54) is 5.56 Å². The van der Waals surface area contributed by atoms with E-state index in [2.05, 4.69) is 91.1 Å². The number of furan rings is 1. The molecule has 0 spiro atoms. The fraction of sp³-hybridized carbons (Fsp3) is 0.0882. The topological polar surface area (TPSA) is 47.7 Å². The van der Waals surface area contributed by atoms with E-state index in [4.69, 9.17) is 14.4 Å². The Labute approximate surface area is 226 Å². The quantitative estimate of drug-likeness (QED) is 0.232. The number of nitrogens with zero attached hydrogens (tertiary/aromatic N) is 4. The molecule has 3 aromatic heterocycles. The lowest BCUT2D eigenvalue weighted by Crippen LogP contribution is -2.29. The molecule has 3 heterocycles. The highest BCUT2D eigenvalue weighted by atomic mass is 16.3. The molecule has 0 bridgehead atoms. The Kier molecular flexibility index (Phi) is 5.37. The molecule has 0 saturated carbocycles. The molecule has 0 atom stereocenters. The van der Waals surface area contributed by atoms with E-state index in [9.17, 15) is 0 Å². The number of hydrogen-bond acceptors (Lipinski definition) is 3. The second-order valence-corrected chi connectivity index (χ2v) is 9.98. The largest absolute Gasteiger partial charge is 0.455 e. The van der Waals surface area contributed by atoms with Crippen molar-refractivity contribution in [3.05, 3.63) is 115 Å². The van der Waals surface area contributed by atoms with Gasteiger partial charge in [0.15, 0.2) is 11.4 Å². The average Bonchev–Trinajstić information content (AvgIpc) is 3.52. The normalized spacial score (nSPS) is 11.5. The first-order valence-corrected chi connectivity index (χ1v) is 13.0. The molecule has 0 saturated heterocycles. The molecule has 5 heteroatoms. The van der Waals surface area contributed by atoms with E-state index >= 15 is 0 Å². The summed E-state index contributed by atoms with van der Waals surface area (Å²) in [4.78, 5) is 9.92. The van der Waals surface area contributed by atoms with E-state index in [0.717, 1.165) is 61.4 Å². The van der Waals surface area contributed by atoms with Gasteiger partial charge >= 0.3 is 0 Å². The Morgan fingerprint density at radius 3 is 2.08 bits per heavy atom. The van der Waals surface area contributed by atoms with Crippen LogP contribution in [0.5, 0.6) is 0 Å². The third kappa shape index (κ3) is 3.91. The van der Waals surface area contributed by atoms with Crippen LogP contribution in [0.2, 0.25) is 0 Å². The van der Waals surface area contributed by atoms with Gasteiger partial charge in [0.2, 0.25) is 0 Å². The predicted octanol–water partition coefficient (Wildman–Crippen LogP) is 7.52. The van der Waals surface area contributed by atoms with Gasteiger partial charge in [0.25, 0.3) is 5.82 Å². The van der Waals surface area contributed by atoms with Gasteiger partial charge in [0, 0.05) is 27.5 Å². The molecule has 4 aromatic carbocycles. The number of fused-ring (bicyclic) bond motifs is 3. The summed E-state index contributed by atoms with van der Waals surface area (Å²) in [7, 11) is 4.14. The summed E-state index contributed by atoms with van der Waals surface area (Å²) in [5, 5.41) is 2.20. The molecule has 0 aliphatic carbocycles. The molecule has 39 heavy (non-hydrogen) atoms. The second-order valence-electron chi connectivity index (χ2n) is 9.98. The van der Waals surface area contributed by atoms with Crippen molar-refractivity contribution in [3.8, 4) is 45.3 Å². The maximum Gasteiger partial charge on any atom is 0.292 e. The van der Waals surface area contributed by atoms with Gasteiger partial charge in [-0.3, -0.25) is 0 Å². The van der Waals surface area contributed by atoms with Gasteiger partial charge in [-0.15, -0.1) is 0 Å². The number of aryl methyl sites for hydroxylation is 3. The van der Waals surface area contributed by atoms with Crippen molar-refractivity contribution in [3.63, 3.8) is 0 Å². The Bertz CT molecular complexity index is 1910. The number of imidazole rings is 1. The lowest BCUT2D eigenvalue weighted by molar-refractivity contribution is -0.659. The molecule has 0 aliphatic rings. The summed E-state index contributed by atoms with van der Waals surface area (Å²) in [5.41, 5.74) is 8.80. The van der Waals surface area contributed by atoms with E-state index in [1.807, 2.05) is 48.5 Å². The first-order valence-electron chi connectivity index (χ1n) is 13.0. The molecule has 7 rings (SSSR count). The average molecular weight is 508 g/mol. The van der Waals surface area contributed by atoms with Crippen molar-refractivity contribution in [2.75, 3.05) is 0 Å². The highest BCUT2D eigenvalue weighted by Crippen LogP contribution is 2.38. The number of aromatic nitrogens is 4. The molecule has 188 valence electrons. The third-order valence-corrected chi connectivity index (χ3v) is 7.38. The number of rotatable bonds is 4. The van der Waals surface area contributed by atoms with Crippen LogP contribution in [0.15, 0.2) is 114 Å². The summed E-state index contributed by atoms with van der Waals surface area (Å²) in [5.74, 6) is 1.80. The molecule has 0 radical (unpaired) electrons. The maximum atomic E-state index is 6.62. The monoisotopic (exact) mass is 507 g/mol. The van der Waals surface area contributed by atoms with Gasteiger partial charge in [0.05, 0.1) is 25.5 Å². The van der Waals surface area contributed by atoms with Crippen molar-refractivity contribution in [1.29, 1.82) is 0 Å². The maximum absolute atomic E-state index is 6.62. The zero-order chi connectivity index (χ0) is 26.5. The van der Waals surface area contributed by atoms with E-state index < -0.39 is 0 Å². The Balaban J connectivity index is 1.43. The Morgan fingerprint density at radius 2 is 1.38 bits per heavy atom. The number of benzene rings is 4. The van der Waals surface area contributed by atoms with Gasteiger partial charge in [-0.25, -0.2) is 19.1 Å². The lowest BCUT2D eigenvalue weighted by atomic mass is 10.0. The van der Waals surface area contributed by atoms with E-state index in [1.54, 1.807) is 0 Å². The highest BCUT2D eigenvalue weighted by molar-refractivity contribution is 6.10. The molecular formula is C34H27N4O+. The molecular weight excluding hydrogens is 480 g/mol. The van der Waals surface area contributed by atoms with Crippen LogP contribution in [-0.2, 0) is 14.1 Å². The van der Waals surface area contributed by atoms with Crippen molar-refractivity contribution >= 4 is 21.9 Å². The van der Waals surface area contributed by atoms with Crippen LogP contribution < -0.4 is 4.57 Å². The first-order chi connectivity index (χ1) is 19.1. The van der Waals surface area contributed by atoms with E-state index in [-0.39, 0.29) is 0 Å². The lowest BCUT2D eigenvalue weighted by Gasteiger charge is -2.09. The minimum absolute atomic E-state index is 0.700. The molecule has 0 N–H and O–H groups in total. The van der Waals surface area contributed by atoms with Crippen molar-refractivity contribution < 1.29 is 8.98 Å². The summed E-state index contributed by atoms with van der Waals surface area (Å²) < 4.78 is 10.9. The highest BCUT2D eigenvalue weighted by Gasteiger charge is 2.23. The van der Waals surface area contributed by atoms with Crippen molar-refractivity contribution in [2.24, 2.45) is 14.1 Å². The van der Waals surface area contributed by atoms with Crippen LogP contribution in [0.25, 0.3) is 67.2 Å². The fourth-order valence-electron chi connectivity index (χ4n) is 5.39. The summed E-state index contributed by atoms with van der Waals surface area (Å²) >= 11 is 0. The van der Waals surface area contributed by atoms with Crippen LogP contribution in [0.3, 0.4) is 0 Å². The van der Waals surface area contributed by atoms with E-state index in [0.29, 0.717) is 5.82 Å². The molecule has 0 amide bonds. The summed E-state index contributed by atoms with van der Waals surface area (Å²) in [6.07, 6.45) is 4.14. The minimum atomic E-state index is 0.700. The first kappa shape index (κ1) is 23.1. The molecule has 0 fully saturated rings. The predicted molar refractivity (Wildman–Crippen MR) is 156 cm³/mol. The molecule has 0 unspecified atom stereocenters. The zero-order valence-corrected chi connectivity index (χ0v) is 22.1. The zero-order valence-electron chi connectivity index (χ0n) is 22.1. The van der Waals surface area contributed by atoms with Crippen LogP contribution in [0.4, 0.5) is 0 Å². The van der Waals surface area contributed by atoms with Gasteiger partial charge in [-0.2, -0.15) is 0 Å². The van der Waals surface area contributed by atoms with Crippen LogP contribution in [0, 0.1) is 6.92 Å².